The van der Waals surface area contributed by atoms with E-state index < -0.39 is 0 Å². The maximum absolute atomic E-state index is 11.9. The topological polar surface area (TPSA) is 50.2 Å². The van der Waals surface area contributed by atoms with E-state index in [0.29, 0.717) is 6.42 Å². The van der Waals surface area contributed by atoms with Gasteiger partial charge in [-0.15, -0.1) is 0 Å². The number of amides is 1. The standard InChI is InChI=1S/C17H22N4O/c1-4-21-15-7-6-14(11-13(15)5-8-16(21)22)19-12(2)17-18-9-10-20(17)3/h6-7,9-12,19H,4-5,8H2,1-3H3/t12-/m0/s1. The second-order valence-corrected chi connectivity index (χ2v) is 5.74. The number of hydrogen-bond acceptors (Lipinski definition) is 3. The van der Waals surface area contributed by atoms with Gasteiger partial charge in [-0.05, 0) is 44.0 Å². The van der Waals surface area contributed by atoms with E-state index >= 15 is 0 Å². The van der Waals surface area contributed by atoms with Crippen LogP contribution in [0.3, 0.4) is 0 Å². The Morgan fingerprint density at radius 2 is 2.18 bits per heavy atom. The SMILES string of the molecule is CCN1C(=O)CCc2cc(N[C@@H](C)c3nccn3C)ccc21. The maximum atomic E-state index is 11.9. The number of imidazole rings is 1. The van der Waals surface area contributed by atoms with Gasteiger partial charge in [0.05, 0.1) is 6.04 Å². The van der Waals surface area contributed by atoms with Crippen molar-refractivity contribution >= 4 is 17.3 Å². The third kappa shape index (κ3) is 2.58. The average molecular weight is 298 g/mol. The van der Waals surface area contributed by atoms with Crippen LogP contribution in [0.4, 0.5) is 11.4 Å². The minimum Gasteiger partial charge on any atom is -0.375 e. The molecule has 1 amide bonds. The lowest BCUT2D eigenvalue weighted by molar-refractivity contribution is -0.118. The van der Waals surface area contributed by atoms with Crippen LogP contribution in [0.25, 0.3) is 0 Å². The van der Waals surface area contributed by atoms with Gasteiger partial charge in [0.15, 0.2) is 0 Å². The molecule has 1 aliphatic rings. The molecule has 5 nitrogen and oxygen atoms in total. The van der Waals surface area contributed by atoms with Crippen LogP contribution in [0.15, 0.2) is 30.6 Å². The molecule has 0 bridgehead atoms. The third-order valence-electron chi connectivity index (χ3n) is 4.22. The van der Waals surface area contributed by atoms with Gasteiger partial charge in [0, 0.05) is 43.8 Å². The first-order chi connectivity index (χ1) is 10.6. The van der Waals surface area contributed by atoms with Crippen LogP contribution in [-0.2, 0) is 18.3 Å². The van der Waals surface area contributed by atoms with Crippen LogP contribution < -0.4 is 10.2 Å². The number of hydrogen-bond donors (Lipinski definition) is 1. The summed E-state index contributed by atoms with van der Waals surface area (Å²) in [6, 6.07) is 6.37. The summed E-state index contributed by atoms with van der Waals surface area (Å²) in [5, 5.41) is 3.49. The van der Waals surface area contributed by atoms with Gasteiger partial charge in [0.25, 0.3) is 0 Å². The summed E-state index contributed by atoms with van der Waals surface area (Å²) in [4.78, 5) is 18.2. The predicted octanol–water partition coefficient (Wildman–Crippen LogP) is 2.89. The Morgan fingerprint density at radius 3 is 2.86 bits per heavy atom. The van der Waals surface area contributed by atoms with E-state index in [2.05, 4.69) is 23.3 Å². The molecule has 22 heavy (non-hydrogen) atoms. The molecule has 2 aromatic rings. The van der Waals surface area contributed by atoms with E-state index in [4.69, 9.17) is 0 Å². The number of fused-ring (bicyclic) bond motifs is 1. The molecule has 0 saturated heterocycles. The van der Waals surface area contributed by atoms with E-state index in [0.717, 1.165) is 30.2 Å². The highest BCUT2D eigenvalue weighted by Gasteiger charge is 2.23. The Bertz CT molecular complexity index is 692. The summed E-state index contributed by atoms with van der Waals surface area (Å²) in [5.41, 5.74) is 3.35. The molecule has 0 saturated carbocycles. The van der Waals surface area contributed by atoms with Crippen LogP contribution in [0.1, 0.15) is 37.7 Å². The molecule has 0 aliphatic carbocycles. The first kappa shape index (κ1) is 14.6. The van der Waals surface area contributed by atoms with Crippen LogP contribution in [0.5, 0.6) is 0 Å². The number of carbonyl (C=O) groups excluding carboxylic acids is 1. The second kappa shape index (κ2) is 5.83. The van der Waals surface area contributed by atoms with E-state index in [1.807, 2.05) is 48.0 Å². The number of nitrogens with one attached hydrogen (secondary N) is 1. The molecule has 0 spiro atoms. The monoisotopic (exact) mass is 298 g/mol. The average Bonchev–Trinajstić information content (AvgIpc) is 2.93. The lowest BCUT2D eigenvalue weighted by atomic mass is 10.0. The van der Waals surface area contributed by atoms with E-state index in [1.165, 1.54) is 5.56 Å². The first-order valence-electron chi connectivity index (χ1n) is 7.77. The van der Waals surface area contributed by atoms with Crippen LogP contribution >= 0.6 is 0 Å². The van der Waals surface area contributed by atoms with E-state index in [9.17, 15) is 4.79 Å². The Kier molecular flexibility index (Phi) is 3.88. The summed E-state index contributed by atoms with van der Waals surface area (Å²) >= 11 is 0. The fourth-order valence-corrected chi connectivity index (χ4v) is 3.11. The van der Waals surface area contributed by atoms with Crippen molar-refractivity contribution in [3.63, 3.8) is 0 Å². The van der Waals surface area contributed by atoms with Crippen LogP contribution in [-0.4, -0.2) is 22.0 Å². The van der Waals surface area contributed by atoms with Gasteiger partial charge in [0.1, 0.15) is 5.82 Å². The molecule has 2 heterocycles. The normalized spacial score (nSPS) is 15.6. The summed E-state index contributed by atoms with van der Waals surface area (Å²) in [6.45, 7) is 4.84. The number of carbonyl (C=O) groups is 1. The number of aromatic nitrogens is 2. The van der Waals surface area contributed by atoms with Crippen molar-refractivity contribution in [3.8, 4) is 0 Å². The summed E-state index contributed by atoms with van der Waals surface area (Å²) < 4.78 is 2.02. The fourth-order valence-electron chi connectivity index (χ4n) is 3.11. The van der Waals surface area contributed by atoms with Crippen LogP contribution in [0.2, 0.25) is 0 Å². The molecule has 3 rings (SSSR count). The van der Waals surface area contributed by atoms with Gasteiger partial charge in [-0.3, -0.25) is 4.79 Å². The minimum atomic E-state index is 0.130. The zero-order valence-electron chi connectivity index (χ0n) is 13.3. The Balaban J connectivity index is 1.82. The van der Waals surface area contributed by atoms with Crippen molar-refractivity contribution in [2.45, 2.75) is 32.7 Å². The van der Waals surface area contributed by atoms with E-state index in [-0.39, 0.29) is 11.9 Å². The smallest absolute Gasteiger partial charge is 0.227 e. The molecule has 0 fully saturated rings. The Hall–Kier alpha value is -2.30. The molecule has 116 valence electrons. The Morgan fingerprint density at radius 1 is 1.36 bits per heavy atom. The van der Waals surface area contributed by atoms with Gasteiger partial charge >= 0.3 is 0 Å². The number of nitrogens with zero attached hydrogens (tertiary/aromatic N) is 3. The highest BCUT2D eigenvalue weighted by molar-refractivity contribution is 5.96. The van der Waals surface area contributed by atoms with Gasteiger partial charge in [-0.2, -0.15) is 0 Å². The van der Waals surface area contributed by atoms with Crippen LogP contribution in [0, 0.1) is 0 Å². The predicted molar refractivity (Wildman–Crippen MR) is 88.0 cm³/mol. The molecule has 0 radical (unpaired) electrons. The molecule has 1 aromatic heterocycles. The third-order valence-corrected chi connectivity index (χ3v) is 4.22. The lowest BCUT2D eigenvalue weighted by Crippen LogP contribution is -2.34. The summed E-state index contributed by atoms with van der Waals surface area (Å²) in [7, 11) is 2.00. The number of benzene rings is 1. The van der Waals surface area contributed by atoms with Gasteiger partial charge < -0.3 is 14.8 Å². The molecule has 1 aromatic carbocycles. The van der Waals surface area contributed by atoms with E-state index in [1.54, 1.807) is 0 Å². The molecule has 1 N–H and O–H groups in total. The second-order valence-electron chi connectivity index (χ2n) is 5.74. The molecule has 1 aliphatic heterocycles. The zero-order chi connectivity index (χ0) is 15.7. The number of rotatable bonds is 4. The molecular weight excluding hydrogens is 276 g/mol. The quantitative estimate of drug-likeness (QED) is 0.944. The molecule has 1 atom stereocenters. The Labute approximate surface area is 131 Å². The van der Waals surface area contributed by atoms with Crippen molar-refractivity contribution < 1.29 is 4.79 Å². The highest BCUT2D eigenvalue weighted by Crippen LogP contribution is 2.31. The molecule has 0 unspecified atom stereocenters. The first-order valence-corrected chi connectivity index (χ1v) is 7.77. The van der Waals surface area contributed by atoms with Crippen molar-refractivity contribution in [1.29, 1.82) is 0 Å². The summed E-state index contributed by atoms with van der Waals surface area (Å²) in [6.07, 6.45) is 5.17. The van der Waals surface area contributed by atoms with Crippen molar-refractivity contribution in [2.24, 2.45) is 7.05 Å². The minimum absolute atomic E-state index is 0.130. The molecule has 5 heteroatoms. The van der Waals surface area contributed by atoms with Crippen molar-refractivity contribution in [1.82, 2.24) is 9.55 Å². The van der Waals surface area contributed by atoms with Crippen molar-refractivity contribution in [3.05, 3.63) is 42.0 Å². The maximum Gasteiger partial charge on any atom is 0.227 e. The number of anilines is 2. The lowest BCUT2D eigenvalue weighted by Gasteiger charge is -2.29. The van der Waals surface area contributed by atoms with Gasteiger partial charge in [0.2, 0.25) is 5.91 Å². The van der Waals surface area contributed by atoms with Gasteiger partial charge in [-0.1, -0.05) is 0 Å². The largest absolute Gasteiger partial charge is 0.375 e. The van der Waals surface area contributed by atoms with Gasteiger partial charge in [-0.25, -0.2) is 4.98 Å². The highest BCUT2D eigenvalue weighted by atomic mass is 16.2. The van der Waals surface area contributed by atoms with Crippen molar-refractivity contribution in [2.75, 3.05) is 16.8 Å². The summed E-state index contributed by atoms with van der Waals surface area (Å²) in [5.74, 6) is 1.22. The number of aryl methyl sites for hydroxylation is 2. The fraction of sp³-hybridized carbons (Fsp3) is 0.412. The molecular formula is C17H22N4O. The zero-order valence-corrected chi connectivity index (χ0v) is 13.3.